The summed E-state index contributed by atoms with van der Waals surface area (Å²) in [7, 11) is 0. The van der Waals surface area contributed by atoms with Gasteiger partial charge >= 0.3 is 0 Å². The van der Waals surface area contributed by atoms with E-state index in [1.54, 1.807) is 0 Å². The van der Waals surface area contributed by atoms with Gasteiger partial charge in [0.05, 0.1) is 10.5 Å². The van der Waals surface area contributed by atoms with Crippen molar-refractivity contribution >= 4 is 33.2 Å². The first-order chi connectivity index (χ1) is 10.0. The van der Waals surface area contributed by atoms with Gasteiger partial charge in [-0.25, -0.2) is 0 Å². The molecule has 0 radical (unpaired) electrons. The number of rotatable bonds is 4. The molecule has 21 heavy (non-hydrogen) atoms. The molecule has 1 N–H and O–H groups in total. The molecule has 0 saturated carbocycles. The molecule has 0 saturated heterocycles. The van der Waals surface area contributed by atoms with Crippen molar-refractivity contribution in [3.05, 3.63) is 68.2 Å². The van der Waals surface area contributed by atoms with Gasteiger partial charge in [-0.15, -0.1) is 0 Å². The summed E-state index contributed by atoms with van der Waals surface area (Å²) in [6.45, 7) is 2.05. The average Bonchev–Trinajstić information content (AvgIpc) is 2.47. The standard InChI is InChI=1S/C15H13BrN2O3/c1-2-10-6-8-11(9-7-10)17-15(19)12-4-3-5-13(14(12)16)18(20)21/h3-9H,2H2,1H3,(H,17,19). The SMILES string of the molecule is CCc1ccc(NC(=O)c2cccc([N+](=O)[O-])c2Br)cc1. The highest BCUT2D eigenvalue weighted by Crippen LogP contribution is 2.28. The molecule has 0 heterocycles. The number of carbonyl (C=O) groups excluding carboxylic acids is 1. The lowest BCUT2D eigenvalue weighted by molar-refractivity contribution is -0.385. The Balaban J connectivity index is 2.24. The van der Waals surface area contributed by atoms with Gasteiger partial charge in [-0.1, -0.05) is 25.1 Å². The molecule has 0 aliphatic carbocycles. The number of nitro groups is 1. The molecule has 0 aliphatic rings. The van der Waals surface area contributed by atoms with Crippen LogP contribution in [0.4, 0.5) is 11.4 Å². The zero-order valence-corrected chi connectivity index (χ0v) is 12.9. The lowest BCUT2D eigenvalue weighted by atomic mass is 10.1. The topological polar surface area (TPSA) is 72.2 Å². The quantitative estimate of drug-likeness (QED) is 0.665. The third-order valence-corrected chi connectivity index (χ3v) is 3.87. The highest BCUT2D eigenvalue weighted by molar-refractivity contribution is 9.10. The number of hydrogen-bond acceptors (Lipinski definition) is 3. The van der Waals surface area contributed by atoms with Gasteiger partial charge in [0, 0.05) is 11.8 Å². The molecule has 0 spiro atoms. The Hall–Kier alpha value is -2.21. The molecule has 2 aromatic carbocycles. The van der Waals surface area contributed by atoms with Crippen LogP contribution in [0.25, 0.3) is 0 Å². The van der Waals surface area contributed by atoms with Crippen molar-refractivity contribution < 1.29 is 9.72 Å². The smallest absolute Gasteiger partial charge is 0.284 e. The van der Waals surface area contributed by atoms with Gasteiger partial charge in [0.2, 0.25) is 0 Å². The minimum Gasteiger partial charge on any atom is -0.322 e. The molecule has 0 unspecified atom stereocenters. The Morgan fingerprint density at radius 3 is 2.48 bits per heavy atom. The summed E-state index contributed by atoms with van der Waals surface area (Å²) in [5.74, 6) is -0.394. The lowest BCUT2D eigenvalue weighted by Crippen LogP contribution is -2.13. The summed E-state index contributed by atoms with van der Waals surface area (Å²) in [6.07, 6.45) is 0.921. The van der Waals surface area contributed by atoms with E-state index in [1.807, 2.05) is 31.2 Å². The number of carbonyl (C=O) groups is 1. The molecule has 0 aromatic heterocycles. The van der Waals surface area contributed by atoms with Crippen LogP contribution in [-0.2, 0) is 6.42 Å². The number of benzene rings is 2. The fraction of sp³-hybridized carbons (Fsp3) is 0.133. The van der Waals surface area contributed by atoms with Crippen LogP contribution in [0.1, 0.15) is 22.8 Å². The third-order valence-electron chi connectivity index (χ3n) is 3.04. The van der Waals surface area contributed by atoms with E-state index in [0.717, 1.165) is 6.42 Å². The van der Waals surface area contributed by atoms with Crippen LogP contribution in [0.15, 0.2) is 46.9 Å². The molecule has 2 aromatic rings. The van der Waals surface area contributed by atoms with Crippen molar-refractivity contribution in [2.24, 2.45) is 0 Å². The summed E-state index contributed by atoms with van der Waals surface area (Å²) in [5.41, 5.74) is 1.91. The Morgan fingerprint density at radius 2 is 1.90 bits per heavy atom. The second kappa shape index (κ2) is 6.49. The van der Waals surface area contributed by atoms with Crippen LogP contribution in [0.5, 0.6) is 0 Å². The van der Waals surface area contributed by atoms with Gasteiger partial charge in [0.25, 0.3) is 11.6 Å². The minimum absolute atomic E-state index is 0.135. The second-order valence-electron chi connectivity index (χ2n) is 4.40. The first-order valence-electron chi connectivity index (χ1n) is 6.36. The van der Waals surface area contributed by atoms with Gasteiger partial charge in [-0.05, 0) is 46.1 Å². The third kappa shape index (κ3) is 3.46. The van der Waals surface area contributed by atoms with Crippen molar-refractivity contribution in [1.82, 2.24) is 0 Å². The molecule has 0 atom stereocenters. The maximum atomic E-state index is 12.2. The van der Waals surface area contributed by atoms with Crippen LogP contribution in [0.3, 0.4) is 0 Å². The van der Waals surface area contributed by atoms with Crippen LogP contribution in [0.2, 0.25) is 0 Å². The summed E-state index contributed by atoms with van der Waals surface area (Å²) >= 11 is 3.12. The maximum absolute atomic E-state index is 12.2. The van der Waals surface area contributed by atoms with E-state index in [4.69, 9.17) is 0 Å². The Kier molecular flexibility index (Phi) is 4.70. The highest BCUT2D eigenvalue weighted by Gasteiger charge is 2.19. The Labute approximate surface area is 130 Å². The molecule has 2 rings (SSSR count). The molecular weight excluding hydrogens is 336 g/mol. The number of amides is 1. The van der Waals surface area contributed by atoms with E-state index in [1.165, 1.54) is 23.8 Å². The molecule has 1 amide bonds. The van der Waals surface area contributed by atoms with Gasteiger partial charge in [0.1, 0.15) is 4.47 Å². The van der Waals surface area contributed by atoms with E-state index < -0.39 is 10.8 Å². The zero-order valence-electron chi connectivity index (χ0n) is 11.3. The normalized spacial score (nSPS) is 10.2. The summed E-state index contributed by atoms with van der Waals surface area (Å²) in [4.78, 5) is 22.5. The second-order valence-corrected chi connectivity index (χ2v) is 5.19. The molecule has 108 valence electrons. The molecule has 6 heteroatoms. The molecular formula is C15H13BrN2O3. The monoisotopic (exact) mass is 348 g/mol. The summed E-state index contributed by atoms with van der Waals surface area (Å²) < 4.78 is 0.178. The molecule has 0 aliphatic heterocycles. The number of aryl methyl sites for hydroxylation is 1. The van der Waals surface area contributed by atoms with Gasteiger partial charge in [-0.3, -0.25) is 14.9 Å². The van der Waals surface area contributed by atoms with E-state index in [0.29, 0.717) is 5.69 Å². The first-order valence-corrected chi connectivity index (χ1v) is 7.15. The number of anilines is 1. The first kappa shape index (κ1) is 15.2. The van der Waals surface area contributed by atoms with Gasteiger partial charge < -0.3 is 5.32 Å². The minimum atomic E-state index is -0.531. The van der Waals surface area contributed by atoms with Crippen molar-refractivity contribution in [1.29, 1.82) is 0 Å². The van der Waals surface area contributed by atoms with E-state index in [9.17, 15) is 14.9 Å². The highest BCUT2D eigenvalue weighted by atomic mass is 79.9. The van der Waals surface area contributed by atoms with E-state index in [-0.39, 0.29) is 15.7 Å². The van der Waals surface area contributed by atoms with Crippen LogP contribution in [0, 0.1) is 10.1 Å². The number of hydrogen-bond donors (Lipinski definition) is 1. The summed E-state index contributed by atoms with van der Waals surface area (Å²) in [6, 6.07) is 11.8. The fourth-order valence-electron chi connectivity index (χ4n) is 1.86. The van der Waals surface area contributed by atoms with Gasteiger partial charge in [0.15, 0.2) is 0 Å². The Bertz CT molecular complexity index is 684. The largest absolute Gasteiger partial charge is 0.322 e. The summed E-state index contributed by atoms with van der Waals surface area (Å²) in [5, 5.41) is 13.6. The molecule has 0 fully saturated rings. The maximum Gasteiger partial charge on any atom is 0.284 e. The van der Waals surface area contributed by atoms with Crippen molar-refractivity contribution in [3.8, 4) is 0 Å². The van der Waals surface area contributed by atoms with Gasteiger partial charge in [-0.2, -0.15) is 0 Å². The average molecular weight is 349 g/mol. The number of nitro benzene ring substituents is 1. The van der Waals surface area contributed by atoms with Crippen LogP contribution < -0.4 is 5.32 Å². The van der Waals surface area contributed by atoms with Crippen LogP contribution >= 0.6 is 15.9 Å². The molecule has 5 nitrogen and oxygen atoms in total. The number of nitrogens with zero attached hydrogens (tertiary/aromatic N) is 1. The Morgan fingerprint density at radius 1 is 1.24 bits per heavy atom. The lowest BCUT2D eigenvalue weighted by Gasteiger charge is -2.07. The van der Waals surface area contributed by atoms with E-state index >= 15 is 0 Å². The number of nitrogens with one attached hydrogen (secondary N) is 1. The fourth-order valence-corrected chi connectivity index (χ4v) is 2.45. The molecule has 0 bridgehead atoms. The van der Waals surface area contributed by atoms with Crippen LogP contribution in [-0.4, -0.2) is 10.8 Å². The van der Waals surface area contributed by atoms with Crippen molar-refractivity contribution in [2.45, 2.75) is 13.3 Å². The zero-order chi connectivity index (χ0) is 15.4. The predicted octanol–water partition coefficient (Wildman–Crippen LogP) is 4.17. The number of halogens is 1. The van der Waals surface area contributed by atoms with Crippen molar-refractivity contribution in [3.63, 3.8) is 0 Å². The predicted molar refractivity (Wildman–Crippen MR) is 84.6 cm³/mol. The van der Waals surface area contributed by atoms with Crippen molar-refractivity contribution in [2.75, 3.05) is 5.32 Å². The van der Waals surface area contributed by atoms with E-state index in [2.05, 4.69) is 21.2 Å².